The molecule has 0 spiro atoms. The smallest absolute Gasteiger partial charge is 0.416 e. The summed E-state index contributed by atoms with van der Waals surface area (Å²) in [5, 5.41) is 16.1. The Labute approximate surface area is 184 Å². The number of nitriles is 1. The zero-order valence-electron chi connectivity index (χ0n) is 16.9. The van der Waals surface area contributed by atoms with Gasteiger partial charge in [0.05, 0.1) is 35.5 Å². The minimum Gasteiger partial charge on any atom is -0.462 e. The first-order valence-electron chi connectivity index (χ1n) is 9.22. The molecule has 12 heteroatoms. The fourth-order valence-corrected chi connectivity index (χ4v) is 3.66. The van der Waals surface area contributed by atoms with Crippen LogP contribution in [0.2, 0.25) is 0 Å². The number of aromatic amines is 1. The number of esters is 1. The van der Waals surface area contributed by atoms with E-state index in [1.54, 1.807) is 13.8 Å². The van der Waals surface area contributed by atoms with Crippen LogP contribution in [-0.2, 0) is 17.5 Å². The Morgan fingerprint density at radius 1 is 1.31 bits per heavy atom. The number of carbonyl (C=O) groups excluding carboxylic acids is 1. The maximum Gasteiger partial charge on any atom is 0.416 e. The third kappa shape index (κ3) is 5.00. The van der Waals surface area contributed by atoms with Crippen molar-refractivity contribution in [3.8, 4) is 6.07 Å². The minimum atomic E-state index is -4.46. The average Bonchev–Trinajstić information content (AvgIpc) is 3.07. The molecule has 1 N–H and O–H groups in total. The van der Waals surface area contributed by atoms with Gasteiger partial charge in [0, 0.05) is 0 Å². The Morgan fingerprint density at radius 3 is 2.59 bits per heavy atom. The second-order valence-electron chi connectivity index (χ2n) is 6.50. The van der Waals surface area contributed by atoms with E-state index in [1.165, 1.54) is 22.8 Å². The number of ether oxygens (including phenoxy) is 1. The summed E-state index contributed by atoms with van der Waals surface area (Å²) >= 11 is 0.916. The summed E-state index contributed by atoms with van der Waals surface area (Å²) in [4.78, 5) is 28.5. The van der Waals surface area contributed by atoms with E-state index in [9.17, 15) is 28.0 Å². The van der Waals surface area contributed by atoms with Gasteiger partial charge in [0.15, 0.2) is 5.16 Å². The molecule has 0 atom stereocenters. The Morgan fingerprint density at radius 2 is 2.00 bits per heavy atom. The van der Waals surface area contributed by atoms with E-state index < -0.39 is 23.4 Å². The molecule has 0 aliphatic rings. The lowest BCUT2D eigenvalue weighted by atomic mass is 10.1. The topological polar surface area (TPSA) is 114 Å². The SMILES string of the molecule is CCOC(=O)c1cc(C#N)c(Sc2n[nH]c(=O)n2Cc2ccc(C(F)(F)F)cc2)nc1C. The first-order chi connectivity index (χ1) is 15.1. The number of benzene rings is 1. The van der Waals surface area contributed by atoms with Crippen molar-refractivity contribution in [2.75, 3.05) is 6.61 Å². The first-order valence-corrected chi connectivity index (χ1v) is 10.0. The Balaban J connectivity index is 1.90. The van der Waals surface area contributed by atoms with Crippen molar-refractivity contribution in [2.24, 2.45) is 0 Å². The van der Waals surface area contributed by atoms with Gasteiger partial charge in [0.2, 0.25) is 0 Å². The number of nitrogens with one attached hydrogen (secondary N) is 1. The maximum absolute atomic E-state index is 12.8. The number of aromatic nitrogens is 4. The van der Waals surface area contributed by atoms with Gasteiger partial charge < -0.3 is 4.74 Å². The van der Waals surface area contributed by atoms with Crippen LogP contribution in [-0.4, -0.2) is 32.3 Å². The molecule has 0 saturated carbocycles. The van der Waals surface area contributed by atoms with Gasteiger partial charge in [-0.25, -0.2) is 19.7 Å². The molecule has 3 rings (SSSR count). The molecule has 0 unspecified atom stereocenters. The molecular formula is C20H16F3N5O3S. The van der Waals surface area contributed by atoms with Gasteiger partial charge in [-0.05, 0) is 49.4 Å². The number of nitrogens with zero attached hydrogens (tertiary/aromatic N) is 4. The lowest BCUT2D eigenvalue weighted by Crippen LogP contribution is -2.18. The van der Waals surface area contributed by atoms with Gasteiger partial charge >= 0.3 is 17.8 Å². The number of alkyl halides is 3. The summed E-state index contributed by atoms with van der Waals surface area (Å²) in [5.74, 6) is -0.607. The third-order valence-electron chi connectivity index (χ3n) is 4.33. The number of hydrogen-bond acceptors (Lipinski definition) is 7. The molecule has 0 fully saturated rings. The molecule has 32 heavy (non-hydrogen) atoms. The van der Waals surface area contributed by atoms with Crippen molar-refractivity contribution in [3.05, 3.63) is 68.8 Å². The summed E-state index contributed by atoms with van der Waals surface area (Å²) in [7, 11) is 0. The van der Waals surface area contributed by atoms with Crippen molar-refractivity contribution in [2.45, 2.75) is 36.8 Å². The number of aryl methyl sites for hydroxylation is 1. The lowest BCUT2D eigenvalue weighted by Gasteiger charge is -2.10. The molecule has 0 saturated heterocycles. The monoisotopic (exact) mass is 463 g/mol. The van der Waals surface area contributed by atoms with E-state index in [1.807, 2.05) is 6.07 Å². The number of hydrogen-bond donors (Lipinski definition) is 1. The minimum absolute atomic E-state index is 0.0441. The number of halogens is 3. The zero-order valence-corrected chi connectivity index (χ0v) is 17.7. The zero-order chi connectivity index (χ0) is 23.5. The van der Waals surface area contributed by atoms with E-state index >= 15 is 0 Å². The predicted molar refractivity (Wildman–Crippen MR) is 107 cm³/mol. The van der Waals surface area contributed by atoms with E-state index in [2.05, 4.69) is 15.2 Å². The lowest BCUT2D eigenvalue weighted by molar-refractivity contribution is -0.137. The van der Waals surface area contributed by atoms with Crippen LogP contribution in [0.4, 0.5) is 13.2 Å². The quantitative estimate of drug-likeness (QED) is 0.556. The van der Waals surface area contributed by atoms with Crippen molar-refractivity contribution < 1.29 is 22.7 Å². The fourth-order valence-electron chi connectivity index (χ4n) is 2.75. The first kappa shape index (κ1) is 23.1. The highest BCUT2D eigenvalue weighted by Gasteiger charge is 2.30. The predicted octanol–water partition coefficient (Wildman–Crippen LogP) is 3.54. The summed E-state index contributed by atoms with van der Waals surface area (Å²) in [5.41, 5.74) is -0.360. The molecule has 0 aliphatic carbocycles. The summed E-state index contributed by atoms with van der Waals surface area (Å²) in [6.45, 7) is 3.36. The van der Waals surface area contributed by atoms with Crippen LogP contribution in [0.1, 0.15) is 39.7 Å². The molecule has 166 valence electrons. The molecule has 1 aromatic carbocycles. The van der Waals surface area contributed by atoms with Crippen molar-refractivity contribution >= 4 is 17.7 Å². The molecule has 0 aliphatic heterocycles. The van der Waals surface area contributed by atoms with E-state index in [4.69, 9.17) is 4.74 Å². The van der Waals surface area contributed by atoms with Crippen LogP contribution in [0.25, 0.3) is 0 Å². The normalized spacial score (nSPS) is 11.2. The van der Waals surface area contributed by atoms with Crippen LogP contribution in [0, 0.1) is 18.3 Å². The molecular weight excluding hydrogens is 447 g/mol. The van der Waals surface area contributed by atoms with Crippen LogP contribution >= 0.6 is 11.8 Å². The molecule has 2 aromatic heterocycles. The molecule has 0 bridgehead atoms. The fraction of sp³-hybridized carbons (Fsp3) is 0.250. The summed E-state index contributed by atoms with van der Waals surface area (Å²) < 4.78 is 44.4. The van der Waals surface area contributed by atoms with Crippen LogP contribution in [0.15, 0.2) is 45.3 Å². The Bertz CT molecular complexity index is 1240. The summed E-state index contributed by atoms with van der Waals surface area (Å²) in [6, 6.07) is 7.71. The average molecular weight is 463 g/mol. The standard InChI is InChI=1S/C20H16F3N5O3S/c1-3-31-17(29)15-8-13(9-24)16(25-11(15)2)32-19-27-26-18(30)28(19)10-12-4-6-14(7-5-12)20(21,22)23/h4-8H,3,10H2,1-2H3,(H,26,30). The van der Waals surface area contributed by atoms with Gasteiger partial charge in [0.25, 0.3) is 0 Å². The third-order valence-corrected chi connectivity index (χ3v) is 5.33. The van der Waals surface area contributed by atoms with Gasteiger partial charge in [0.1, 0.15) is 11.1 Å². The van der Waals surface area contributed by atoms with Crippen LogP contribution < -0.4 is 5.69 Å². The van der Waals surface area contributed by atoms with E-state index in [-0.39, 0.29) is 34.5 Å². The number of H-pyrrole nitrogens is 1. The van der Waals surface area contributed by atoms with E-state index in [0.717, 1.165) is 23.9 Å². The van der Waals surface area contributed by atoms with Crippen molar-refractivity contribution in [1.82, 2.24) is 19.7 Å². The van der Waals surface area contributed by atoms with Crippen LogP contribution in [0.5, 0.6) is 0 Å². The largest absolute Gasteiger partial charge is 0.462 e. The van der Waals surface area contributed by atoms with Crippen molar-refractivity contribution in [3.63, 3.8) is 0 Å². The Kier molecular flexibility index (Phi) is 6.69. The van der Waals surface area contributed by atoms with Crippen LogP contribution in [0.3, 0.4) is 0 Å². The Hall–Kier alpha value is -3.59. The second kappa shape index (κ2) is 9.27. The van der Waals surface area contributed by atoms with Gasteiger partial charge in [-0.3, -0.25) is 4.57 Å². The number of carbonyl (C=O) groups is 1. The number of pyridine rings is 1. The van der Waals surface area contributed by atoms with Gasteiger partial charge in [-0.15, -0.1) is 5.10 Å². The maximum atomic E-state index is 12.8. The highest BCUT2D eigenvalue weighted by Crippen LogP contribution is 2.30. The number of rotatable bonds is 6. The molecule has 3 aromatic rings. The van der Waals surface area contributed by atoms with Crippen molar-refractivity contribution in [1.29, 1.82) is 5.26 Å². The molecule has 0 amide bonds. The van der Waals surface area contributed by atoms with Gasteiger partial charge in [-0.2, -0.15) is 18.4 Å². The second-order valence-corrected chi connectivity index (χ2v) is 7.46. The highest BCUT2D eigenvalue weighted by molar-refractivity contribution is 7.99. The van der Waals surface area contributed by atoms with Gasteiger partial charge in [-0.1, -0.05) is 12.1 Å². The molecule has 0 radical (unpaired) electrons. The highest BCUT2D eigenvalue weighted by atomic mass is 32.2. The summed E-state index contributed by atoms with van der Waals surface area (Å²) in [6.07, 6.45) is -4.46. The molecule has 2 heterocycles. The van der Waals surface area contributed by atoms with E-state index in [0.29, 0.717) is 11.3 Å². The molecule has 8 nitrogen and oxygen atoms in total.